The van der Waals surface area contributed by atoms with Gasteiger partial charge in [0.05, 0.1) is 7.11 Å². The van der Waals surface area contributed by atoms with E-state index in [9.17, 15) is 5.11 Å². The van der Waals surface area contributed by atoms with E-state index in [-0.39, 0.29) is 0 Å². The number of phenols is 1. The number of hydrogen-bond donors (Lipinski definition) is 1. The summed E-state index contributed by atoms with van der Waals surface area (Å²) in [6.45, 7) is 0. The minimum atomic E-state index is 0.327. The molecule has 6 rings (SSSR count). The highest BCUT2D eigenvalue weighted by molar-refractivity contribution is 6.31. The van der Waals surface area contributed by atoms with Crippen molar-refractivity contribution in [1.29, 1.82) is 0 Å². The van der Waals surface area contributed by atoms with Gasteiger partial charge >= 0.3 is 0 Å². The standard InChI is InChI=1S/C25H16O2/c1-27-20-11-5-9-16-15-7-2-3-8-17(15)23-24(22(16)20)18-10-4-6-14-12-13-19(26)25(23)21(14)18/h2-13,26H,1H3. The third kappa shape index (κ3) is 1.70. The van der Waals surface area contributed by atoms with E-state index in [0.29, 0.717) is 5.75 Å². The van der Waals surface area contributed by atoms with Crippen LogP contribution in [-0.4, -0.2) is 12.2 Å². The van der Waals surface area contributed by atoms with Gasteiger partial charge in [-0.25, -0.2) is 0 Å². The Balaban J connectivity index is 2.01. The lowest BCUT2D eigenvalue weighted by molar-refractivity contribution is 0.420. The van der Waals surface area contributed by atoms with Gasteiger partial charge in [-0.2, -0.15) is 0 Å². The summed E-state index contributed by atoms with van der Waals surface area (Å²) in [7, 11) is 1.72. The zero-order chi connectivity index (χ0) is 18.1. The smallest absolute Gasteiger partial charge is 0.127 e. The van der Waals surface area contributed by atoms with E-state index in [4.69, 9.17) is 4.74 Å². The number of aromatic hydroxyl groups is 1. The monoisotopic (exact) mass is 348 g/mol. The van der Waals surface area contributed by atoms with Crippen LogP contribution in [0.25, 0.3) is 54.6 Å². The van der Waals surface area contributed by atoms with E-state index in [0.717, 1.165) is 49.5 Å². The van der Waals surface area contributed by atoms with Crippen LogP contribution in [0.5, 0.6) is 11.5 Å². The third-order valence-corrected chi connectivity index (χ3v) is 5.78. The number of benzene rings is 5. The molecule has 0 aliphatic heterocycles. The first-order chi connectivity index (χ1) is 13.3. The lowest BCUT2D eigenvalue weighted by atomic mass is 9.89. The minimum absolute atomic E-state index is 0.327. The van der Waals surface area contributed by atoms with Crippen LogP contribution in [0.3, 0.4) is 0 Å². The van der Waals surface area contributed by atoms with Crippen LogP contribution in [0.2, 0.25) is 0 Å². The van der Waals surface area contributed by atoms with Gasteiger partial charge in [-0.15, -0.1) is 0 Å². The molecule has 0 saturated heterocycles. The lowest BCUT2D eigenvalue weighted by Crippen LogP contribution is -1.90. The largest absolute Gasteiger partial charge is 0.507 e. The van der Waals surface area contributed by atoms with Gasteiger partial charge in [-0.3, -0.25) is 0 Å². The first kappa shape index (κ1) is 14.6. The molecule has 5 aromatic carbocycles. The fraction of sp³-hybridized carbons (Fsp3) is 0.0400. The maximum absolute atomic E-state index is 10.8. The van der Waals surface area contributed by atoms with Gasteiger partial charge in [0.1, 0.15) is 11.5 Å². The molecule has 1 aliphatic carbocycles. The predicted molar refractivity (Wildman–Crippen MR) is 112 cm³/mol. The molecule has 0 unspecified atom stereocenters. The van der Waals surface area contributed by atoms with Crippen LogP contribution >= 0.6 is 0 Å². The molecule has 128 valence electrons. The summed E-state index contributed by atoms with van der Waals surface area (Å²) in [4.78, 5) is 0. The number of ether oxygens (including phenoxy) is 1. The molecule has 0 heterocycles. The fourth-order valence-electron chi connectivity index (χ4n) is 4.74. The van der Waals surface area contributed by atoms with Crippen LogP contribution in [0.4, 0.5) is 0 Å². The minimum Gasteiger partial charge on any atom is -0.507 e. The normalized spacial score (nSPS) is 12.0. The van der Waals surface area contributed by atoms with Gasteiger partial charge < -0.3 is 9.84 Å². The summed E-state index contributed by atoms with van der Waals surface area (Å²) < 4.78 is 5.76. The predicted octanol–water partition coefficient (Wildman–Crippen LogP) is 6.51. The van der Waals surface area contributed by atoms with Crippen molar-refractivity contribution >= 4 is 32.3 Å². The van der Waals surface area contributed by atoms with E-state index < -0.39 is 0 Å². The number of fused-ring (bicyclic) bond motifs is 8. The molecular weight excluding hydrogens is 332 g/mol. The highest BCUT2D eigenvalue weighted by Crippen LogP contribution is 2.57. The zero-order valence-corrected chi connectivity index (χ0v) is 14.8. The second-order valence-corrected chi connectivity index (χ2v) is 7.04. The van der Waals surface area contributed by atoms with Gasteiger partial charge in [-0.1, -0.05) is 60.7 Å². The Labute approximate surface area is 156 Å². The average molecular weight is 348 g/mol. The van der Waals surface area contributed by atoms with Crippen LogP contribution in [0.1, 0.15) is 0 Å². The topological polar surface area (TPSA) is 29.5 Å². The summed E-state index contributed by atoms with van der Waals surface area (Å²) in [5, 5.41) is 17.7. The lowest BCUT2D eigenvalue weighted by Gasteiger charge is -2.16. The van der Waals surface area contributed by atoms with Crippen molar-refractivity contribution in [3.8, 4) is 33.8 Å². The fourth-order valence-corrected chi connectivity index (χ4v) is 4.74. The molecule has 0 radical (unpaired) electrons. The molecule has 0 amide bonds. The number of phenolic OH excluding ortho intramolecular Hbond substituents is 1. The Kier molecular flexibility index (Phi) is 2.72. The molecule has 0 aromatic heterocycles. The molecule has 2 nitrogen and oxygen atoms in total. The summed E-state index contributed by atoms with van der Waals surface area (Å²) in [5.41, 5.74) is 4.35. The average Bonchev–Trinajstić information content (AvgIpc) is 3.08. The molecular formula is C25H16O2. The summed E-state index contributed by atoms with van der Waals surface area (Å²) >= 11 is 0. The second-order valence-electron chi connectivity index (χ2n) is 7.04. The molecule has 2 heteroatoms. The Morgan fingerprint density at radius 2 is 1.41 bits per heavy atom. The summed E-state index contributed by atoms with van der Waals surface area (Å²) in [6, 6.07) is 24.8. The SMILES string of the molecule is COc1cccc2c1c1c(c3ccccc32)-c2c(O)ccc3cccc-1c23. The Morgan fingerprint density at radius 3 is 2.26 bits per heavy atom. The quantitative estimate of drug-likeness (QED) is 0.343. The molecule has 0 bridgehead atoms. The van der Waals surface area contributed by atoms with E-state index in [1.807, 2.05) is 18.2 Å². The molecule has 0 fully saturated rings. The molecule has 27 heavy (non-hydrogen) atoms. The third-order valence-electron chi connectivity index (χ3n) is 5.78. The summed E-state index contributed by atoms with van der Waals surface area (Å²) in [5.74, 6) is 1.19. The van der Waals surface area contributed by atoms with E-state index in [1.165, 1.54) is 10.8 Å². The Morgan fingerprint density at radius 1 is 0.630 bits per heavy atom. The summed E-state index contributed by atoms with van der Waals surface area (Å²) in [6.07, 6.45) is 0. The first-order valence-corrected chi connectivity index (χ1v) is 9.06. The van der Waals surface area contributed by atoms with Crippen molar-refractivity contribution in [3.63, 3.8) is 0 Å². The Hall–Kier alpha value is -3.52. The molecule has 0 atom stereocenters. The van der Waals surface area contributed by atoms with Gasteiger partial charge in [0.15, 0.2) is 0 Å². The maximum atomic E-state index is 10.8. The van der Waals surface area contributed by atoms with Crippen LogP contribution in [-0.2, 0) is 0 Å². The number of methoxy groups -OCH3 is 1. The zero-order valence-electron chi connectivity index (χ0n) is 14.8. The first-order valence-electron chi connectivity index (χ1n) is 9.06. The molecule has 1 aliphatic rings. The number of rotatable bonds is 1. The van der Waals surface area contributed by atoms with Crippen LogP contribution in [0.15, 0.2) is 72.8 Å². The molecule has 0 saturated carbocycles. The van der Waals surface area contributed by atoms with Crippen molar-refractivity contribution < 1.29 is 9.84 Å². The highest BCUT2D eigenvalue weighted by Gasteiger charge is 2.29. The van der Waals surface area contributed by atoms with Gasteiger partial charge in [-0.05, 0) is 39.2 Å². The van der Waals surface area contributed by atoms with Gasteiger partial charge in [0.25, 0.3) is 0 Å². The van der Waals surface area contributed by atoms with E-state index in [1.54, 1.807) is 13.2 Å². The van der Waals surface area contributed by atoms with Crippen LogP contribution in [0, 0.1) is 0 Å². The van der Waals surface area contributed by atoms with Crippen molar-refractivity contribution in [1.82, 2.24) is 0 Å². The van der Waals surface area contributed by atoms with Crippen molar-refractivity contribution in [2.24, 2.45) is 0 Å². The molecule has 1 N–H and O–H groups in total. The van der Waals surface area contributed by atoms with E-state index in [2.05, 4.69) is 48.5 Å². The van der Waals surface area contributed by atoms with Gasteiger partial charge in [0.2, 0.25) is 0 Å². The van der Waals surface area contributed by atoms with Crippen molar-refractivity contribution in [2.45, 2.75) is 0 Å². The van der Waals surface area contributed by atoms with E-state index >= 15 is 0 Å². The molecule has 5 aromatic rings. The van der Waals surface area contributed by atoms with Crippen molar-refractivity contribution in [3.05, 3.63) is 72.8 Å². The molecule has 0 spiro atoms. The maximum Gasteiger partial charge on any atom is 0.127 e. The number of hydrogen-bond acceptors (Lipinski definition) is 2. The van der Waals surface area contributed by atoms with Crippen LogP contribution < -0.4 is 4.74 Å². The Bertz CT molecular complexity index is 1410. The van der Waals surface area contributed by atoms with Crippen molar-refractivity contribution in [2.75, 3.05) is 7.11 Å². The highest BCUT2D eigenvalue weighted by atomic mass is 16.5. The van der Waals surface area contributed by atoms with Gasteiger partial charge in [0, 0.05) is 27.5 Å². The second kappa shape index (κ2) is 5.01.